The number of hydrogen-bond acceptors (Lipinski definition) is 1. The smallest absolute Gasteiger partial charge is 0.0212 e. The van der Waals surface area contributed by atoms with E-state index in [1.165, 1.54) is 44.5 Å². The van der Waals surface area contributed by atoms with E-state index < -0.39 is 0 Å². The van der Waals surface area contributed by atoms with Crippen LogP contribution in [0.15, 0.2) is 60.7 Å². The van der Waals surface area contributed by atoms with Crippen LogP contribution >= 0.6 is 0 Å². The molecule has 0 saturated carbocycles. The minimum Gasteiger partial charge on any atom is -0.309 e. The Kier molecular flexibility index (Phi) is 3.51. The number of nitrogens with one attached hydrogen (secondary N) is 1. The van der Waals surface area contributed by atoms with Gasteiger partial charge in [-0.2, -0.15) is 0 Å². The van der Waals surface area contributed by atoms with Crippen molar-refractivity contribution in [3.05, 3.63) is 82.9 Å². The first-order valence-electron chi connectivity index (χ1n) is 8.22. The van der Waals surface area contributed by atoms with Gasteiger partial charge in [-0.3, -0.25) is 0 Å². The summed E-state index contributed by atoms with van der Waals surface area (Å²) in [7, 11) is 0. The fourth-order valence-electron chi connectivity index (χ4n) is 3.58. The van der Waals surface area contributed by atoms with Gasteiger partial charge in [0.1, 0.15) is 0 Å². The average Bonchev–Trinajstić information content (AvgIpc) is 3.03. The van der Waals surface area contributed by atoms with E-state index in [4.69, 9.17) is 0 Å². The van der Waals surface area contributed by atoms with Crippen molar-refractivity contribution in [2.75, 3.05) is 0 Å². The summed E-state index contributed by atoms with van der Waals surface area (Å²) in [6.07, 6.45) is 0. The van der Waals surface area contributed by atoms with Gasteiger partial charge in [0.15, 0.2) is 0 Å². The number of aryl methyl sites for hydroxylation is 1. The Morgan fingerprint density at radius 2 is 1.43 bits per heavy atom. The normalized spacial score (nSPS) is 13.1. The summed E-state index contributed by atoms with van der Waals surface area (Å²) in [5.41, 5.74) is 10.9. The second-order valence-corrected chi connectivity index (χ2v) is 6.38. The minimum absolute atomic E-state index is 0.986. The van der Waals surface area contributed by atoms with Crippen LogP contribution < -0.4 is 5.32 Å². The summed E-state index contributed by atoms with van der Waals surface area (Å²) in [5, 5.41) is 3.43. The van der Waals surface area contributed by atoms with Gasteiger partial charge in [0.05, 0.1) is 0 Å². The van der Waals surface area contributed by atoms with E-state index >= 15 is 0 Å². The van der Waals surface area contributed by atoms with Gasteiger partial charge in [-0.15, -0.1) is 0 Å². The maximum absolute atomic E-state index is 3.43. The Bertz CT molecular complexity index is 877. The second-order valence-electron chi connectivity index (χ2n) is 6.38. The number of rotatable bonds is 2. The van der Waals surface area contributed by atoms with Crippen molar-refractivity contribution >= 4 is 0 Å². The van der Waals surface area contributed by atoms with Crippen molar-refractivity contribution in [1.29, 1.82) is 0 Å². The van der Waals surface area contributed by atoms with Gasteiger partial charge < -0.3 is 5.32 Å². The van der Waals surface area contributed by atoms with Gasteiger partial charge in [-0.25, -0.2) is 0 Å². The molecule has 1 aliphatic heterocycles. The molecule has 4 rings (SSSR count). The molecule has 0 aliphatic carbocycles. The van der Waals surface area contributed by atoms with Crippen LogP contribution in [-0.4, -0.2) is 0 Å². The van der Waals surface area contributed by atoms with E-state index in [1.807, 2.05) is 0 Å². The predicted octanol–water partition coefficient (Wildman–Crippen LogP) is 5.24. The molecule has 0 bridgehead atoms. The molecule has 1 aliphatic rings. The number of fused-ring (bicyclic) bond motifs is 1. The Morgan fingerprint density at radius 1 is 0.696 bits per heavy atom. The van der Waals surface area contributed by atoms with Crippen molar-refractivity contribution in [3.63, 3.8) is 0 Å². The molecule has 0 saturated heterocycles. The maximum Gasteiger partial charge on any atom is 0.0212 e. The average molecular weight is 299 g/mol. The summed E-state index contributed by atoms with van der Waals surface area (Å²) >= 11 is 0. The molecule has 0 atom stereocenters. The van der Waals surface area contributed by atoms with Crippen molar-refractivity contribution in [2.24, 2.45) is 0 Å². The molecule has 3 aromatic rings. The quantitative estimate of drug-likeness (QED) is 0.682. The standard InChI is InChI=1S/C22H21N/c1-15-6-3-4-7-20(15)22-9-5-8-21(16(22)2)17-10-11-18-13-23-14-19(18)12-17/h3-12,23H,13-14H2,1-2H3. The van der Waals surface area contributed by atoms with Gasteiger partial charge in [0.2, 0.25) is 0 Å². The van der Waals surface area contributed by atoms with Crippen LogP contribution in [0.5, 0.6) is 0 Å². The van der Waals surface area contributed by atoms with Gasteiger partial charge in [-0.05, 0) is 64.4 Å². The molecule has 1 heteroatoms. The van der Waals surface area contributed by atoms with E-state index in [0.717, 1.165) is 13.1 Å². The fourth-order valence-corrected chi connectivity index (χ4v) is 3.58. The van der Waals surface area contributed by atoms with E-state index in [1.54, 1.807) is 0 Å². The molecule has 0 fully saturated rings. The molecule has 1 nitrogen and oxygen atoms in total. The SMILES string of the molecule is Cc1ccccc1-c1cccc(-c2ccc3c(c2)CNC3)c1C. The largest absolute Gasteiger partial charge is 0.309 e. The zero-order valence-electron chi connectivity index (χ0n) is 13.7. The van der Waals surface area contributed by atoms with Crippen LogP contribution in [0.2, 0.25) is 0 Å². The van der Waals surface area contributed by atoms with Crippen LogP contribution in [0, 0.1) is 13.8 Å². The third-order valence-corrected chi connectivity index (χ3v) is 4.92. The summed E-state index contributed by atoms with van der Waals surface area (Å²) in [6.45, 7) is 6.41. The lowest BCUT2D eigenvalue weighted by Gasteiger charge is -2.14. The Morgan fingerprint density at radius 3 is 2.30 bits per heavy atom. The third-order valence-electron chi connectivity index (χ3n) is 4.92. The minimum atomic E-state index is 0.986. The van der Waals surface area contributed by atoms with Gasteiger partial charge >= 0.3 is 0 Å². The van der Waals surface area contributed by atoms with Gasteiger partial charge in [0, 0.05) is 13.1 Å². The molecule has 0 unspecified atom stereocenters. The van der Waals surface area contributed by atoms with E-state index in [2.05, 4.69) is 79.8 Å². The lowest BCUT2D eigenvalue weighted by molar-refractivity contribution is 0.765. The van der Waals surface area contributed by atoms with Crippen molar-refractivity contribution < 1.29 is 0 Å². The third kappa shape index (κ3) is 2.47. The lowest BCUT2D eigenvalue weighted by atomic mass is 9.90. The van der Waals surface area contributed by atoms with Crippen molar-refractivity contribution in [3.8, 4) is 22.3 Å². The van der Waals surface area contributed by atoms with Crippen LogP contribution in [0.4, 0.5) is 0 Å². The summed E-state index contributed by atoms with van der Waals surface area (Å²) in [5.74, 6) is 0. The first-order chi connectivity index (χ1) is 11.2. The molecule has 0 amide bonds. The highest BCUT2D eigenvalue weighted by Gasteiger charge is 2.13. The Hall–Kier alpha value is -2.38. The van der Waals surface area contributed by atoms with Gasteiger partial charge in [-0.1, -0.05) is 54.6 Å². The van der Waals surface area contributed by atoms with Crippen molar-refractivity contribution in [2.45, 2.75) is 26.9 Å². The highest BCUT2D eigenvalue weighted by atomic mass is 14.9. The molecule has 0 aromatic heterocycles. The highest BCUT2D eigenvalue weighted by molar-refractivity contribution is 5.79. The van der Waals surface area contributed by atoms with Crippen LogP contribution in [0.25, 0.3) is 22.3 Å². The predicted molar refractivity (Wildman–Crippen MR) is 97.3 cm³/mol. The van der Waals surface area contributed by atoms with Crippen LogP contribution in [-0.2, 0) is 13.1 Å². The lowest BCUT2D eigenvalue weighted by Crippen LogP contribution is -1.99. The molecular formula is C22H21N. The molecule has 23 heavy (non-hydrogen) atoms. The highest BCUT2D eigenvalue weighted by Crippen LogP contribution is 2.34. The van der Waals surface area contributed by atoms with Crippen LogP contribution in [0.1, 0.15) is 22.3 Å². The Labute approximate surface area is 138 Å². The second kappa shape index (κ2) is 5.68. The number of benzene rings is 3. The Balaban J connectivity index is 1.85. The molecule has 1 N–H and O–H groups in total. The van der Waals surface area contributed by atoms with Gasteiger partial charge in [0.25, 0.3) is 0 Å². The van der Waals surface area contributed by atoms with E-state index in [-0.39, 0.29) is 0 Å². The van der Waals surface area contributed by atoms with E-state index in [9.17, 15) is 0 Å². The molecule has 0 spiro atoms. The summed E-state index contributed by atoms with van der Waals surface area (Å²) < 4.78 is 0. The van der Waals surface area contributed by atoms with E-state index in [0.29, 0.717) is 0 Å². The molecular weight excluding hydrogens is 278 g/mol. The first kappa shape index (κ1) is 14.2. The van der Waals surface area contributed by atoms with Crippen LogP contribution in [0.3, 0.4) is 0 Å². The summed E-state index contributed by atoms with van der Waals surface area (Å²) in [4.78, 5) is 0. The zero-order valence-corrected chi connectivity index (χ0v) is 13.7. The topological polar surface area (TPSA) is 12.0 Å². The van der Waals surface area contributed by atoms with Crippen molar-refractivity contribution in [1.82, 2.24) is 5.32 Å². The maximum atomic E-state index is 3.43. The monoisotopic (exact) mass is 299 g/mol. The molecule has 0 radical (unpaired) electrons. The summed E-state index contributed by atoms with van der Waals surface area (Å²) in [6, 6.07) is 22.1. The molecule has 1 heterocycles. The number of hydrogen-bond donors (Lipinski definition) is 1. The molecule has 3 aromatic carbocycles. The first-order valence-corrected chi connectivity index (χ1v) is 8.22. The molecule has 114 valence electrons. The fraction of sp³-hybridized carbons (Fsp3) is 0.182. The zero-order chi connectivity index (χ0) is 15.8.